The highest BCUT2D eigenvalue weighted by Crippen LogP contribution is 2.18. The molecular formula is C17H24N2O. The van der Waals surface area contributed by atoms with Crippen LogP contribution in [0.25, 0.3) is 0 Å². The topological polar surface area (TPSA) is 55.4 Å². The van der Waals surface area contributed by atoms with Crippen molar-refractivity contribution in [3.63, 3.8) is 0 Å². The third-order valence-electron chi connectivity index (χ3n) is 3.36. The Hall–Kier alpha value is -1.90. The minimum absolute atomic E-state index is 0.412. The number of primary amides is 1. The number of benzene rings is 1. The largest absolute Gasteiger partial charge is 0.366 e. The molecule has 0 saturated heterocycles. The molecule has 0 heterocycles. The Morgan fingerprint density at radius 3 is 2.35 bits per heavy atom. The molecular weight excluding hydrogens is 248 g/mol. The Bertz CT molecular complexity index is 496. The first-order valence-electron chi connectivity index (χ1n) is 6.97. The molecule has 0 aliphatic heterocycles. The molecule has 3 heteroatoms. The number of hydrogen-bond acceptors (Lipinski definition) is 2. The number of allylic oxidation sites excluding steroid dienone is 2. The smallest absolute Gasteiger partial charge is 0.248 e. The molecule has 0 aliphatic rings. The molecule has 0 unspecified atom stereocenters. The van der Waals surface area contributed by atoms with Gasteiger partial charge in [0.2, 0.25) is 5.91 Å². The Kier molecular flexibility index (Phi) is 6.16. The molecule has 2 N–H and O–H groups in total. The Morgan fingerprint density at radius 1 is 1.25 bits per heavy atom. The summed E-state index contributed by atoms with van der Waals surface area (Å²) in [4.78, 5) is 15.4. The van der Waals surface area contributed by atoms with E-state index in [1.807, 2.05) is 6.21 Å². The van der Waals surface area contributed by atoms with Crippen LogP contribution >= 0.6 is 0 Å². The van der Waals surface area contributed by atoms with Gasteiger partial charge in [0, 0.05) is 11.8 Å². The summed E-state index contributed by atoms with van der Waals surface area (Å²) in [5, 5.41) is 0. The highest BCUT2D eigenvalue weighted by molar-refractivity contribution is 5.93. The zero-order chi connectivity index (χ0) is 15.1. The number of aliphatic imine (C=N–C) groups is 1. The van der Waals surface area contributed by atoms with Crippen molar-refractivity contribution >= 4 is 17.8 Å². The van der Waals surface area contributed by atoms with Gasteiger partial charge in [-0.2, -0.15) is 0 Å². The normalized spacial score (nSPS) is 14.0. The second-order valence-electron chi connectivity index (χ2n) is 5.54. The third-order valence-corrected chi connectivity index (χ3v) is 3.36. The highest BCUT2D eigenvalue weighted by Gasteiger charge is 2.07. The van der Waals surface area contributed by atoms with Crippen LogP contribution in [0.3, 0.4) is 0 Å². The van der Waals surface area contributed by atoms with E-state index in [0.29, 0.717) is 17.4 Å². The van der Waals surface area contributed by atoms with Crippen LogP contribution in [0.1, 0.15) is 44.5 Å². The van der Waals surface area contributed by atoms with E-state index in [4.69, 9.17) is 5.73 Å². The average Bonchev–Trinajstić information content (AvgIpc) is 2.38. The van der Waals surface area contributed by atoms with Gasteiger partial charge in [-0.05, 0) is 56.4 Å². The molecule has 2 atom stereocenters. The van der Waals surface area contributed by atoms with Gasteiger partial charge in [-0.1, -0.05) is 25.5 Å². The van der Waals surface area contributed by atoms with Crippen LogP contribution in [0.4, 0.5) is 5.69 Å². The van der Waals surface area contributed by atoms with Crippen molar-refractivity contribution in [2.45, 2.75) is 34.1 Å². The predicted molar refractivity (Wildman–Crippen MR) is 85.5 cm³/mol. The molecule has 0 radical (unpaired) electrons. The van der Waals surface area contributed by atoms with Crippen molar-refractivity contribution in [2.24, 2.45) is 22.6 Å². The monoisotopic (exact) mass is 272 g/mol. The van der Waals surface area contributed by atoms with Crippen LogP contribution in [0, 0.1) is 11.8 Å². The van der Waals surface area contributed by atoms with Gasteiger partial charge in [0.1, 0.15) is 0 Å². The molecule has 0 spiro atoms. The number of hydrogen-bond donors (Lipinski definition) is 1. The number of carbonyl (C=O) groups is 1. The van der Waals surface area contributed by atoms with E-state index in [-0.39, 0.29) is 0 Å². The first-order chi connectivity index (χ1) is 9.40. The quantitative estimate of drug-likeness (QED) is 0.614. The molecule has 108 valence electrons. The van der Waals surface area contributed by atoms with Crippen molar-refractivity contribution in [1.29, 1.82) is 0 Å². The number of carbonyl (C=O) groups excluding carboxylic acids is 1. The van der Waals surface area contributed by atoms with Gasteiger partial charge in [0.25, 0.3) is 0 Å². The highest BCUT2D eigenvalue weighted by atomic mass is 16.1. The fourth-order valence-electron chi connectivity index (χ4n) is 1.94. The molecule has 0 bridgehead atoms. The molecule has 1 aromatic carbocycles. The Morgan fingerprint density at radius 2 is 1.85 bits per heavy atom. The summed E-state index contributed by atoms with van der Waals surface area (Å²) in [6.45, 7) is 8.70. The zero-order valence-corrected chi connectivity index (χ0v) is 12.8. The van der Waals surface area contributed by atoms with Crippen molar-refractivity contribution in [3.8, 4) is 0 Å². The summed E-state index contributed by atoms with van der Waals surface area (Å²) in [6, 6.07) is 7.01. The lowest BCUT2D eigenvalue weighted by molar-refractivity contribution is 0.100. The summed E-state index contributed by atoms with van der Waals surface area (Å²) in [6.07, 6.45) is 5.17. The van der Waals surface area contributed by atoms with Crippen LogP contribution < -0.4 is 5.73 Å². The van der Waals surface area contributed by atoms with Gasteiger partial charge in [0.15, 0.2) is 0 Å². The van der Waals surface area contributed by atoms with Crippen molar-refractivity contribution in [1.82, 2.24) is 0 Å². The van der Waals surface area contributed by atoms with E-state index in [1.54, 1.807) is 24.3 Å². The number of nitrogens with two attached hydrogens (primary N) is 1. The van der Waals surface area contributed by atoms with Crippen molar-refractivity contribution in [2.75, 3.05) is 0 Å². The molecule has 1 rings (SSSR count). The van der Waals surface area contributed by atoms with Gasteiger partial charge in [-0.25, -0.2) is 0 Å². The summed E-state index contributed by atoms with van der Waals surface area (Å²) in [5.41, 5.74) is 7.90. The summed E-state index contributed by atoms with van der Waals surface area (Å²) in [5.74, 6) is 0.687. The lowest BCUT2D eigenvalue weighted by Gasteiger charge is -2.14. The Labute approximate surface area is 121 Å². The maximum atomic E-state index is 11.0. The van der Waals surface area contributed by atoms with Crippen LogP contribution in [-0.2, 0) is 0 Å². The van der Waals surface area contributed by atoms with E-state index >= 15 is 0 Å². The predicted octanol–water partition coefficient (Wildman–Crippen LogP) is 4.12. The zero-order valence-electron chi connectivity index (χ0n) is 12.8. The third kappa shape index (κ3) is 5.39. The van der Waals surface area contributed by atoms with Crippen molar-refractivity contribution in [3.05, 3.63) is 41.5 Å². The minimum Gasteiger partial charge on any atom is -0.366 e. The molecule has 3 nitrogen and oxygen atoms in total. The Balaban J connectivity index is 2.56. The van der Waals surface area contributed by atoms with E-state index in [9.17, 15) is 4.79 Å². The van der Waals surface area contributed by atoms with E-state index in [1.165, 1.54) is 5.57 Å². The first kappa shape index (κ1) is 16.2. The van der Waals surface area contributed by atoms with Gasteiger partial charge < -0.3 is 5.73 Å². The summed E-state index contributed by atoms with van der Waals surface area (Å²) < 4.78 is 0. The van der Waals surface area contributed by atoms with Gasteiger partial charge in [-0.15, -0.1) is 0 Å². The molecule has 0 fully saturated rings. The van der Waals surface area contributed by atoms with E-state index in [2.05, 4.69) is 38.8 Å². The van der Waals surface area contributed by atoms with Crippen molar-refractivity contribution < 1.29 is 4.79 Å². The molecule has 1 aromatic rings. The molecule has 20 heavy (non-hydrogen) atoms. The second kappa shape index (κ2) is 7.63. The fourth-order valence-corrected chi connectivity index (χ4v) is 1.94. The first-order valence-corrected chi connectivity index (χ1v) is 6.97. The average molecular weight is 272 g/mol. The van der Waals surface area contributed by atoms with E-state index in [0.717, 1.165) is 12.1 Å². The van der Waals surface area contributed by atoms with E-state index < -0.39 is 5.91 Å². The second-order valence-corrected chi connectivity index (χ2v) is 5.54. The summed E-state index contributed by atoms with van der Waals surface area (Å²) >= 11 is 0. The number of amides is 1. The molecule has 0 aromatic heterocycles. The lowest BCUT2D eigenvalue weighted by atomic mass is 9.92. The number of nitrogens with zero attached hydrogens (tertiary/aromatic N) is 1. The van der Waals surface area contributed by atoms with Gasteiger partial charge >= 0.3 is 0 Å². The van der Waals surface area contributed by atoms with Crippen LogP contribution in [-0.4, -0.2) is 12.1 Å². The van der Waals surface area contributed by atoms with Gasteiger partial charge in [0.05, 0.1) is 5.69 Å². The molecule has 0 saturated carbocycles. The minimum atomic E-state index is -0.412. The fraction of sp³-hybridized carbons (Fsp3) is 0.412. The SMILES string of the molecule is CC(C)=C[C@@H](C)[C@@H](C)CC=Nc1ccc(C(N)=O)cc1. The maximum absolute atomic E-state index is 11.0. The standard InChI is InChI=1S/C17H24N2O/c1-12(2)11-14(4)13(3)9-10-19-16-7-5-15(6-8-16)17(18)20/h5-8,10-11,13-14H,9H2,1-4H3,(H2,18,20)/t13-,14+/m0/s1. The van der Waals surface area contributed by atoms with Crippen LogP contribution in [0.5, 0.6) is 0 Å². The van der Waals surface area contributed by atoms with Crippen LogP contribution in [0.2, 0.25) is 0 Å². The van der Waals surface area contributed by atoms with Crippen LogP contribution in [0.15, 0.2) is 40.9 Å². The summed E-state index contributed by atoms with van der Waals surface area (Å²) in [7, 11) is 0. The lowest BCUT2D eigenvalue weighted by Crippen LogP contribution is -2.10. The molecule has 1 amide bonds. The number of rotatable bonds is 6. The van der Waals surface area contributed by atoms with Gasteiger partial charge in [-0.3, -0.25) is 9.79 Å². The maximum Gasteiger partial charge on any atom is 0.248 e. The molecule has 0 aliphatic carbocycles.